The van der Waals surface area contributed by atoms with E-state index in [1.165, 1.54) is 0 Å². The molecule has 0 spiro atoms. The monoisotopic (exact) mass is 1830 g/mol. The first kappa shape index (κ1) is 117. The first-order valence-electron chi connectivity index (χ1n) is 38.4. The van der Waals surface area contributed by atoms with Crippen LogP contribution in [0.2, 0.25) is 0 Å². The Morgan fingerprint density at radius 1 is 0.158 bits per heavy atom. The third-order valence-corrected chi connectivity index (χ3v) is 14.9. The molecule has 0 bridgehead atoms. The van der Waals surface area contributed by atoms with Gasteiger partial charge in [-0.1, -0.05) is 0 Å². The van der Waals surface area contributed by atoms with Gasteiger partial charge in [0.05, 0.1) is 344 Å². The highest BCUT2D eigenvalue weighted by atomic mass is 19.4. The van der Waals surface area contributed by atoms with E-state index >= 15 is 0 Å². The van der Waals surface area contributed by atoms with Crippen LogP contribution < -0.4 is 0 Å². The van der Waals surface area contributed by atoms with E-state index in [0.717, 1.165) is 0 Å². The Hall–Kier alpha value is -2.66. The minimum atomic E-state index is -7.70. The normalized spacial score (nSPS) is 13.6. The van der Waals surface area contributed by atoms with Gasteiger partial charge in [0, 0.05) is 33.2 Å². The maximum Gasteiger partial charge on any atom is 0.460 e. The summed E-state index contributed by atoms with van der Waals surface area (Å²) < 4.78 is 444. The number of ether oxygens (including phenoxy) is 28. The lowest BCUT2D eigenvalue weighted by Crippen LogP contribution is -2.66. The Morgan fingerprint density at radius 3 is 0.458 bits per heavy atom. The van der Waals surface area contributed by atoms with Gasteiger partial charge in [-0.25, -0.2) is 0 Å². The molecule has 0 N–H and O–H groups in total. The highest BCUT2D eigenvalue weighted by molar-refractivity contribution is 5.07. The second kappa shape index (κ2) is 72.3. The lowest BCUT2D eigenvalue weighted by atomic mass is 9.95. The summed E-state index contributed by atoms with van der Waals surface area (Å²) in [5, 5.41) is 0. The van der Waals surface area contributed by atoms with E-state index in [4.69, 9.17) is 133 Å². The van der Waals surface area contributed by atoms with Crippen molar-refractivity contribution >= 4 is 0 Å². The molecule has 1 atom stereocenters. The number of halogens is 22. The fraction of sp³-hybridized carbons (Fsp3) is 1.00. The summed E-state index contributed by atoms with van der Waals surface area (Å²) in [4.78, 5) is 0. The van der Waals surface area contributed by atoms with Gasteiger partial charge in [-0.2, -0.15) is 96.6 Å². The number of methoxy groups -OCH3 is 1. The molecule has 1 unspecified atom stereocenters. The molecule has 28 nitrogen and oxygen atoms in total. The maximum atomic E-state index is 14.2. The van der Waals surface area contributed by atoms with Crippen molar-refractivity contribution in [3.05, 3.63) is 0 Å². The Kier molecular flexibility index (Phi) is 70.7. The second-order valence-electron chi connectivity index (χ2n) is 24.4. The van der Waals surface area contributed by atoms with Crippen LogP contribution in [-0.2, 0) is 133 Å². The summed E-state index contributed by atoms with van der Waals surface area (Å²) in [6, 6.07) is 0. The van der Waals surface area contributed by atoms with Gasteiger partial charge in [-0.3, -0.25) is 0 Å². The maximum absolute atomic E-state index is 14.2. The smallest absolute Gasteiger partial charge is 0.382 e. The quantitative estimate of drug-likeness (QED) is 0.0406. The van der Waals surface area contributed by atoms with Crippen molar-refractivity contribution in [3.8, 4) is 0 Å². The van der Waals surface area contributed by atoms with Crippen molar-refractivity contribution in [2.45, 2.75) is 91.5 Å². The number of hydrogen-bond acceptors (Lipinski definition) is 28. The summed E-state index contributed by atoms with van der Waals surface area (Å²) in [5.41, 5.74) is 0. The Balaban J connectivity index is 3.72. The summed E-state index contributed by atoms with van der Waals surface area (Å²) >= 11 is 0. The third kappa shape index (κ3) is 55.8. The lowest BCUT2D eigenvalue weighted by molar-refractivity contribution is -0.422. The van der Waals surface area contributed by atoms with Gasteiger partial charge in [-0.15, -0.1) is 0 Å². The van der Waals surface area contributed by atoms with E-state index in [-0.39, 0.29) is 59.5 Å². The Labute approximate surface area is 683 Å². The van der Waals surface area contributed by atoms with Crippen molar-refractivity contribution in [2.75, 3.05) is 364 Å². The standard InChI is InChI=1S/C70H120F22O28/c1-93-8-9-94-10-11-95-12-13-96-14-15-97-16-17-98-18-19-99-20-21-100-22-23-101-24-25-102-26-27-103-28-29-104-30-31-105-32-33-106-34-35-107-36-37-108-38-39-109-40-41-110-42-43-111-44-45-112-46-47-113-48-49-114-50-51-115-52-53-116-54-55-117-56-57-119-59-60(120-7-3-5-62(73,74)64(77,78)66(81,82)68(85,86)70(90,91)92)58-118-6-2-4-61(71,72)63(75,76)65(79,80)67(83,84)69(87,88)89/h60H,2-59H2,1H3. The van der Waals surface area contributed by atoms with E-state index in [1.54, 1.807) is 7.11 Å². The van der Waals surface area contributed by atoms with Crippen LogP contribution >= 0.6 is 0 Å². The molecule has 0 aliphatic heterocycles. The molecule has 0 aromatic carbocycles. The van der Waals surface area contributed by atoms with Gasteiger partial charge in [-0.05, 0) is 12.8 Å². The van der Waals surface area contributed by atoms with Gasteiger partial charge in [0.25, 0.3) is 0 Å². The van der Waals surface area contributed by atoms with Crippen LogP contribution in [0.3, 0.4) is 0 Å². The second-order valence-corrected chi connectivity index (χ2v) is 24.4. The number of alkyl halides is 22. The van der Waals surface area contributed by atoms with E-state index in [9.17, 15) is 96.6 Å². The van der Waals surface area contributed by atoms with Crippen molar-refractivity contribution in [3.63, 3.8) is 0 Å². The molecule has 0 amide bonds. The van der Waals surface area contributed by atoms with Crippen LogP contribution in [0.1, 0.15) is 25.7 Å². The van der Waals surface area contributed by atoms with E-state index in [0.29, 0.717) is 264 Å². The van der Waals surface area contributed by atoms with E-state index < -0.39 is 125 Å². The van der Waals surface area contributed by atoms with Crippen molar-refractivity contribution < 1.29 is 229 Å². The van der Waals surface area contributed by atoms with Gasteiger partial charge in [0.15, 0.2) is 0 Å². The molecule has 0 saturated heterocycles. The molecule has 0 fully saturated rings. The Morgan fingerprint density at radius 2 is 0.300 bits per heavy atom. The van der Waals surface area contributed by atoms with E-state index in [2.05, 4.69) is 0 Å². The third-order valence-electron chi connectivity index (χ3n) is 14.9. The van der Waals surface area contributed by atoms with Crippen LogP contribution in [-0.4, -0.2) is 430 Å². The molecule has 50 heteroatoms. The summed E-state index contributed by atoms with van der Waals surface area (Å²) in [6.07, 6.45) is -24.6. The predicted molar refractivity (Wildman–Crippen MR) is 373 cm³/mol. The first-order valence-corrected chi connectivity index (χ1v) is 38.4. The fourth-order valence-corrected chi connectivity index (χ4v) is 8.46. The molecule has 0 aliphatic rings. The van der Waals surface area contributed by atoms with Gasteiger partial charge in [0.2, 0.25) is 0 Å². The van der Waals surface area contributed by atoms with Crippen LogP contribution in [0.15, 0.2) is 0 Å². The molecule has 0 heterocycles. The molecule has 0 rings (SSSR count). The topological polar surface area (TPSA) is 258 Å². The van der Waals surface area contributed by atoms with Crippen LogP contribution in [0.4, 0.5) is 96.6 Å². The largest absolute Gasteiger partial charge is 0.460 e. The number of rotatable bonds is 94. The molecule has 0 aliphatic carbocycles. The Bertz CT molecular complexity index is 2270. The minimum Gasteiger partial charge on any atom is -0.382 e. The summed E-state index contributed by atoms with van der Waals surface area (Å²) in [6.45, 7) is 13.6. The molecule has 0 aromatic rings. The molecule has 0 aromatic heterocycles. The summed E-state index contributed by atoms with van der Waals surface area (Å²) in [5.74, 6) is -57.9. The summed E-state index contributed by atoms with van der Waals surface area (Å²) in [7, 11) is 1.63. The highest BCUT2D eigenvalue weighted by Crippen LogP contribution is 2.59. The molecular weight excluding hydrogens is 1710 g/mol. The molecule has 722 valence electrons. The highest BCUT2D eigenvalue weighted by Gasteiger charge is 2.88. The molecule has 0 radical (unpaired) electrons. The molecular formula is C70H120F22O28. The zero-order chi connectivity index (χ0) is 89.4. The zero-order valence-corrected chi connectivity index (χ0v) is 67.3. The SMILES string of the molecule is COCCOCCOCCOCCOCCOCCOCCOCCOCCOCCOCCOCCOCCOCCOCCOCCOCCOCCOCCOCCOCCOCCOCCOCCOCCOCC(COCCCC(F)(F)C(F)(F)C(F)(F)C(F)(F)C(F)(F)F)OCCCC(F)(F)C(F)(F)C(F)(F)C(F)(F)C(F)(F)F. The van der Waals surface area contributed by atoms with Gasteiger partial charge < -0.3 is 133 Å². The van der Waals surface area contributed by atoms with Crippen molar-refractivity contribution in [1.29, 1.82) is 0 Å². The van der Waals surface area contributed by atoms with Gasteiger partial charge >= 0.3 is 59.7 Å². The van der Waals surface area contributed by atoms with E-state index in [1.807, 2.05) is 0 Å². The predicted octanol–water partition coefficient (Wildman–Crippen LogP) is 9.22. The average molecular weight is 1830 g/mol. The van der Waals surface area contributed by atoms with Crippen LogP contribution in [0, 0.1) is 0 Å². The zero-order valence-electron chi connectivity index (χ0n) is 67.3. The molecule has 0 saturated carbocycles. The minimum absolute atomic E-state index is 0.00866. The van der Waals surface area contributed by atoms with Crippen molar-refractivity contribution in [1.82, 2.24) is 0 Å². The van der Waals surface area contributed by atoms with Crippen LogP contribution in [0.25, 0.3) is 0 Å². The average Bonchev–Trinajstić information content (AvgIpc) is 0.732. The van der Waals surface area contributed by atoms with Gasteiger partial charge in [0.1, 0.15) is 6.10 Å². The first-order chi connectivity index (χ1) is 57.1. The number of hydrogen-bond donors (Lipinski definition) is 0. The molecule has 120 heavy (non-hydrogen) atoms. The lowest BCUT2D eigenvalue weighted by Gasteiger charge is -2.37. The van der Waals surface area contributed by atoms with Crippen LogP contribution in [0.5, 0.6) is 0 Å². The van der Waals surface area contributed by atoms with Crippen molar-refractivity contribution in [2.24, 2.45) is 0 Å². The fourth-order valence-electron chi connectivity index (χ4n) is 8.46.